The highest BCUT2D eigenvalue weighted by molar-refractivity contribution is 7.80. The maximum atomic E-state index is 12.5. The molecule has 2 aromatic carbocycles. The number of hydrogen-bond donors (Lipinski definition) is 2. The molecule has 1 heterocycles. The molecule has 0 saturated heterocycles. The molecule has 4 nitrogen and oxygen atoms in total. The Labute approximate surface area is 177 Å². The number of ketones is 1. The van der Waals surface area contributed by atoms with Gasteiger partial charge in [0.05, 0.1) is 6.04 Å². The van der Waals surface area contributed by atoms with Crippen LogP contribution >= 0.6 is 12.2 Å². The lowest BCUT2D eigenvalue weighted by molar-refractivity contribution is -0.116. The minimum absolute atomic E-state index is 0.118. The van der Waals surface area contributed by atoms with E-state index in [0.29, 0.717) is 11.5 Å². The second-order valence-electron chi connectivity index (χ2n) is 8.65. The van der Waals surface area contributed by atoms with E-state index in [2.05, 4.69) is 43.5 Å². The van der Waals surface area contributed by atoms with Gasteiger partial charge in [-0.2, -0.15) is 0 Å². The van der Waals surface area contributed by atoms with Crippen LogP contribution in [0.5, 0.6) is 11.5 Å². The lowest BCUT2D eigenvalue weighted by Gasteiger charge is -2.33. The molecule has 2 aliphatic rings. The van der Waals surface area contributed by atoms with Crippen LogP contribution in [0.2, 0.25) is 0 Å². The van der Waals surface area contributed by atoms with E-state index in [0.717, 1.165) is 41.2 Å². The van der Waals surface area contributed by atoms with E-state index in [4.69, 9.17) is 17.0 Å². The highest BCUT2D eigenvalue weighted by Crippen LogP contribution is 2.34. The van der Waals surface area contributed by atoms with Crippen LogP contribution in [0.15, 0.2) is 59.8 Å². The molecule has 1 aliphatic carbocycles. The maximum Gasteiger partial charge on any atom is 0.171 e. The quantitative estimate of drug-likeness (QED) is 0.677. The first-order chi connectivity index (χ1) is 13.8. The highest BCUT2D eigenvalue weighted by atomic mass is 32.1. The normalized spacial score (nSPS) is 19.3. The third kappa shape index (κ3) is 4.20. The summed E-state index contributed by atoms with van der Waals surface area (Å²) in [6, 6.07) is 15.9. The first-order valence-corrected chi connectivity index (χ1v) is 10.4. The molecule has 1 unspecified atom stereocenters. The third-order valence-corrected chi connectivity index (χ3v) is 5.67. The van der Waals surface area contributed by atoms with E-state index in [1.54, 1.807) is 0 Å². The molecule has 0 amide bonds. The lowest BCUT2D eigenvalue weighted by atomic mass is 9.85. The molecule has 1 aliphatic heterocycles. The zero-order valence-corrected chi connectivity index (χ0v) is 17.9. The van der Waals surface area contributed by atoms with Crippen molar-refractivity contribution in [3.63, 3.8) is 0 Å². The molecule has 4 rings (SSSR count). The van der Waals surface area contributed by atoms with Crippen LogP contribution in [0.3, 0.4) is 0 Å². The number of carbonyl (C=O) groups excluding carboxylic acids is 1. The summed E-state index contributed by atoms with van der Waals surface area (Å²) in [6.45, 7) is 6.58. The van der Waals surface area contributed by atoms with Gasteiger partial charge < -0.3 is 15.4 Å². The summed E-state index contributed by atoms with van der Waals surface area (Å²) in [6.07, 6.45) is 2.34. The molecule has 5 heteroatoms. The molecule has 2 N–H and O–H groups in total. The zero-order chi connectivity index (χ0) is 20.6. The second-order valence-corrected chi connectivity index (χ2v) is 9.05. The summed E-state index contributed by atoms with van der Waals surface area (Å²) in [4.78, 5) is 12.5. The summed E-state index contributed by atoms with van der Waals surface area (Å²) in [7, 11) is 0. The van der Waals surface area contributed by atoms with Crippen molar-refractivity contribution in [2.24, 2.45) is 0 Å². The van der Waals surface area contributed by atoms with Crippen LogP contribution in [0.1, 0.15) is 57.2 Å². The van der Waals surface area contributed by atoms with Crippen molar-refractivity contribution in [2.45, 2.75) is 51.5 Å². The standard InChI is InChI=1S/C24H26N2O2S/c1-24(2,3)16-9-13-18(14-10-16)28-17-11-7-15(8-12-17)22-21-19(25-23(29)26-22)5-4-6-20(21)27/h7-14,22H,4-6H2,1-3H3,(H2,25,26,29). The first-order valence-electron chi connectivity index (χ1n) is 10.0. The number of carbonyl (C=O) groups is 1. The van der Waals surface area contributed by atoms with E-state index >= 15 is 0 Å². The van der Waals surface area contributed by atoms with Crippen LogP contribution in [-0.4, -0.2) is 10.9 Å². The van der Waals surface area contributed by atoms with Gasteiger partial charge in [0.15, 0.2) is 10.9 Å². The van der Waals surface area contributed by atoms with Crippen molar-refractivity contribution in [2.75, 3.05) is 0 Å². The fourth-order valence-corrected chi connectivity index (χ4v) is 4.08. The van der Waals surface area contributed by atoms with Crippen LogP contribution in [0.4, 0.5) is 0 Å². The van der Waals surface area contributed by atoms with Gasteiger partial charge in [-0.1, -0.05) is 45.0 Å². The van der Waals surface area contributed by atoms with Crippen molar-refractivity contribution in [1.29, 1.82) is 0 Å². The smallest absolute Gasteiger partial charge is 0.171 e. The SMILES string of the molecule is CC(C)(C)c1ccc(Oc2ccc(C3NC(=S)NC4=C3C(=O)CCC4)cc2)cc1. The Hall–Kier alpha value is -2.66. The molecule has 150 valence electrons. The minimum atomic E-state index is -0.202. The molecule has 0 bridgehead atoms. The summed E-state index contributed by atoms with van der Waals surface area (Å²) in [5.74, 6) is 1.76. The Balaban J connectivity index is 1.53. The van der Waals surface area contributed by atoms with E-state index < -0.39 is 0 Å². The molecule has 0 radical (unpaired) electrons. The molecule has 0 spiro atoms. The first kappa shape index (κ1) is 19.6. The summed E-state index contributed by atoms with van der Waals surface area (Å²) >= 11 is 5.35. The number of allylic oxidation sites excluding steroid dienone is 1. The largest absolute Gasteiger partial charge is 0.457 e. The number of nitrogens with one attached hydrogen (secondary N) is 2. The summed E-state index contributed by atoms with van der Waals surface area (Å²) in [5, 5.41) is 6.99. The van der Waals surface area contributed by atoms with Gasteiger partial charge in [0.1, 0.15) is 11.5 Å². The fraction of sp³-hybridized carbons (Fsp3) is 0.333. The Morgan fingerprint density at radius 1 is 0.966 bits per heavy atom. The van der Waals surface area contributed by atoms with E-state index in [9.17, 15) is 4.79 Å². The van der Waals surface area contributed by atoms with Gasteiger partial charge in [0.2, 0.25) is 0 Å². The Morgan fingerprint density at radius 3 is 2.21 bits per heavy atom. The van der Waals surface area contributed by atoms with Crippen molar-refractivity contribution in [3.05, 3.63) is 70.9 Å². The van der Waals surface area contributed by atoms with Gasteiger partial charge in [-0.3, -0.25) is 4.79 Å². The zero-order valence-electron chi connectivity index (χ0n) is 17.0. The second kappa shape index (κ2) is 7.64. The maximum absolute atomic E-state index is 12.5. The molecule has 0 saturated carbocycles. The van der Waals surface area contributed by atoms with Gasteiger partial charge in [-0.15, -0.1) is 0 Å². The molecule has 0 aromatic heterocycles. The van der Waals surface area contributed by atoms with Crippen molar-refractivity contribution >= 4 is 23.1 Å². The topological polar surface area (TPSA) is 50.4 Å². The number of benzene rings is 2. The predicted octanol–water partition coefficient (Wildman–Crippen LogP) is 5.30. The van der Waals surface area contributed by atoms with E-state index in [1.807, 2.05) is 36.4 Å². The van der Waals surface area contributed by atoms with Crippen molar-refractivity contribution in [1.82, 2.24) is 10.6 Å². The Bertz CT molecular complexity index is 969. The molecule has 2 aromatic rings. The molecular formula is C24H26N2O2S. The Kier molecular flexibility index (Phi) is 5.17. The van der Waals surface area contributed by atoms with Crippen LogP contribution < -0.4 is 15.4 Å². The van der Waals surface area contributed by atoms with Gasteiger partial charge in [-0.05, 0) is 65.9 Å². The fourth-order valence-electron chi connectivity index (χ4n) is 3.84. The third-order valence-electron chi connectivity index (χ3n) is 5.45. The van der Waals surface area contributed by atoms with Gasteiger partial charge >= 0.3 is 0 Å². The average molecular weight is 407 g/mol. The van der Waals surface area contributed by atoms with E-state index in [-0.39, 0.29) is 17.2 Å². The molecular weight excluding hydrogens is 380 g/mol. The Morgan fingerprint density at radius 2 is 1.59 bits per heavy atom. The van der Waals surface area contributed by atoms with Crippen molar-refractivity contribution < 1.29 is 9.53 Å². The monoisotopic (exact) mass is 406 g/mol. The highest BCUT2D eigenvalue weighted by Gasteiger charge is 2.33. The lowest BCUT2D eigenvalue weighted by Crippen LogP contribution is -2.46. The van der Waals surface area contributed by atoms with Gasteiger partial charge in [0.25, 0.3) is 0 Å². The molecule has 29 heavy (non-hydrogen) atoms. The van der Waals surface area contributed by atoms with Gasteiger partial charge in [0, 0.05) is 17.7 Å². The number of ether oxygens (including phenoxy) is 1. The summed E-state index contributed by atoms with van der Waals surface area (Å²) < 4.78 is 6.00. The number of Topliss-reactive ketones (excluding diaryl/α,β-unsaturated/α-hetero) is 1. The van der Waals surface area contributed by atoms with Gasteiger partial charge in [-0.25, -0.2) is 0 Å². The average Bonchev–Trinajstić information content (AvgIpc) is 2.68. The van der Waals surface area contributed by atoms with Crippen LogP contribution in [0.25, 0.3) is 0 Å². The number of hydrogen-bond acceptors (Lipinski definition) is 3. The van der Waals surface area contributed by atoms with E-state index in [1.165, 1.54) is 5.56 Å². The molecule has 0 fully saturated rings. The van der Waals surface area contributed by atoms with Crippen LogP contribution in [0, 0.1) is 0 Å². The minimum Gasteiger partial charge on any atom is -0.457 e. The number of rotatable bonds is 3. The van der Waals surface area contributed by atoms with Crippen molar-refractivity contribution in [3.8, 4) is 11.5 Å². The summed E-state index contributed by atoms with van der Waals surface area (Å²) in [5.41, 5.74) is 4.18. The predicted molar refractivity (Wildman–Crippen MR) is 119 cm³/mol. The molecule has 1 atom stereocenters. The number of thiocarbonyl (C=S) groups is 1. The van der Waals surface area contributed by atoms with Crippen LogP contribution in [-0.2, 0) is 10.2 Å².